The average Bonchev–Trinajstić information content (AvgIpc) is 3.07. The maximum absolute atomic E-state index is 12.5. The summed E-state index contributed by atoms with van der Waals surface area (Å²) in [6.07, 6.45) is 3.45. The standard InChI is InChI=1S/C16H24N2O3S.ClH/c1-2-17-11-12-18-16(19)13-7-9-15(10-8-13)22(20,21)14-5-3-4-6-14;/h7-10,14,17H,2-6,11-12H2,1H3,(H,18,19);1H. The summed E-state index contributed by atoms with van der Waals surface area (Å²) in [5.41, 5.74) is 0.488. The summed E-state index contributed by atoms with van der Waals surface area (Å²) in [5.74, 6) is -0.178. The highest BCUT2D eigenvalue weighted by atomic mass is 35.5. The van der Waals surface area contributed by atoms with Crippen molar-refractivity contribution in [3.05, 3.63) is 29.8 Å². The van der Waals surface area contributed by atoms with Crippen molar-refractivity contribution in [2.45, 2.75) is 42.8 Å². The molecule has 0 unspecified atom stereocenters. The first-order valence-corrected chi connectivity index (χ1v) is 9.43. The van der Waals surface area contributed by atoms with E-state index in [-0.39, 0.29) is 23.6 Å². The summed E-state index contributed by atoms with van der Waals surface area (Å²) in [6.45, 7) is 4.14. The van der Waals surface area contributed by atoms with Crippen molar-refractivity contribution in [3.8, 4) is 0 Å². The quantitative estimate of drug-likeness (QED) is 0.731. The maximum atomic E-state index is 12.5. The molecular formula is C16H25ClN2O3S. The molecule has 23 heavy (non-hydrogen) atoms. The van der Waals surface area contributed by atoms with E-state index >= 15 is 0 Å². The van der Waals surface area contributed by atoms with Crippen molar-refractivity contribution in [1.29, 1.82) is 0 Å². The molecule has 0 aliphatic heterocycles. The lowest BCUT2D eigenvalue weighted by Crippen LogP contribution is -2.31. The molecule has 7 heteroatoms. The third-order valence-electron chi connectivity index (χ3n) is 4.02. The number of likely N-dealkylation sites (N-methyl/N-ethyl adjacent to an activating group) is 1. The van der Waals surface area contributed by atoms with Gasteiger partial charge < -0.3 is 10.6 Å². The maximum Gasteiger partial charge on any atom is 0.251 e. The SMILES string of the molecule is CCNCCNC(=O)c1ccc(S(=O)(=O)C2CCCC2)cc1.Cl. The molecule has 1 aliphatic rings. The zero-order chi connectivity index (χ0) is 16.0. The Bertz CT molecular complexity index is 596. The number of carbonyl (C=O) groups excluding carboxylic acids is 1. The van der Waals surface area contributed by atoms with Gasteiger partial charge in [-0.25, -0.2) is 8.42 Å². The zero-order valence-electron chi connectivity index (χ0n) is 13.4. The molecular weight excluding hydrogens is 336 g/mol. The van der Waals surface area contributed by atoms with Gasteiger partial charge in [0.15, 0.2) is 9.84 Å². The minimum absolute atomic E-state index is 0. The summed E-state index contributed by atoms with van der Waals surface area (Å²) in [5, 5.41) is 5.66. The first kappa shape index (κ1) is 19.9. The smallest absolute Gasteiger partial charge is 0.251 e. The highest BCUT2D eigenvalue weighted by Gasteiger charge is 2.30. The first-order valence-electron chi connectivity index (χ1n) is 7.88. The van der Waals surface area contributed by atoms with Crippen molar-refractivity contribution in [2.24, 2.45) is 0 Å². The number of rotatable bonds is 7. The van der Waals surface area contributed by atoms with Gasteiger partial charge in [-0.3, -0.25) is 4.79 Å². The van der Waals surface area contributed by atoms with E-state index in [1.54, 1.807) is 24.3 Å². The van der Waals surface area contributed by atoms with Gasteiger partial charge in [-0.1, -0.05) is 19.8 Å². The molecule has 1 aliphatic carbocycles. The van der Waals surface area contributed by atoms with Crippen LogP contribution in [0, 0.1) is 0 Å². The molecule has 0 aromatic heterocycles. The third kappa shape index (κ3) is 5.19. The molecule has 0 bridgehead atoms. The third-order valence-corrected chi connectivity index (χ3v) is 6.30. The van der Waals surface area contributed by atoms with Gasteiger partial charge in [0.25, 0.3) is 5.91 Å². The van der Waals surface area contributed by atoms with Crippen LogP contribution in [0.5, 0.6) is 0 Å². The van der Waals surface area contributed by atoms with Gasteiger partial charge in [0.1, 0.15) is 0 Å². The van der Waals surface area contributed by atoms with E-state index in [0.717, 1.165) is 38.8 Å². The predicted molar refractivity (Wildman–Crippen MR) is 94.0 cm³/mol. The molecule has 1 amide bonds. The van der Waals surface area contributed by atoms with Crippen LogP contribution in [0.15, 0.2) is 29.2 Å². The van der Waals surface area contributed by atoms with E-state index in [2.05, 4.69) is 10.6 Å². The predicted octanol–water partition coefficient (Wildman–Crippen LogP) is 2.16. The zero-order valence-corrected chi connectivity index (χ0v) is 15.0. The number of amides is 1. The molecule has 0 atom stereocenters. The summed E-state index contributed by atoms with van der Waals surface area (Å²) < 4.78 is 24.9. The van der Waals surface area contributed by atoms with Gasteiger partial charge in [-0.05, 0) is 43.7 Å². The van der Waals surface area contributed by atoms with Crippen LogP contribution in [0.2, 0.25) is 0 Å². The Kier molecular flexibility index (Phi) is 8.02. The number of sulfone groups is 1. The van der Waals surface area contributed by atoms with E-state index in [1.807, 2.05) is 6.92 Å². The second kappa shape index (κ2) is 9.25. The Morgan fingerprint density at radius 2 is 1.74 bits per heavy atom. The van der Waals surface area contributed by atoms with Gasteiger partial charge in [0.05, 0.1) is 10.1 Å². The van der Waals surface area contributed by atoms with Gasteiger partial charge in [0.2, 0.25) is 0 Å². The second-order valence-corrected chi connectivity index (χ2v) is 7.81. The van der Waals surface area contributed by atoms with Crippen LogP contribution in [-0.4, -0.2) is 39.2 Å². The van der Waals surface area contributed by atoms with Crippen LogP contribution in [0.25, 0.3) is 0 Å². The van der Waals surface area contributed by atoms with Crippen molar-refractivity contribution in [3.63, 3.8) is 0 Å². The Morgan fingerprint density at radius 1 is 1.13 bits per heavy atom. The van der Waals surface area contributed by atoms with Crippen molar-refractivity contribution >= 4 is 28.2 Å². The van der Waals surface area contributed by atoms with E-state index in [1.165, 1.54) is 0 Å². The topological polar surface area (TPSA) is 75.3 Å². The number of nitrogens with one attached hydrogen (secondary N) is 2. The van der Waals surface area contributed by atoms with Gasteiger partial charge in [-0.15, -0.1) is 12.4 Å². The highest BCUT2D eigenvalue weighted by Crippen LogP contribution is 2.29. The van der Waals surface area contributed by atoms with Crippen LogP contribution in [0.3, 0.4) is 0 Å². The number of hydrogen-bond acceptors (Lipinski definition) is 4. The number of halogens is 1. The summed E-state index contributed by atoms with van der Waals surface area (Å²) >= 11 is 0. The minimum Gasteiger partial charge on any atom is -0.351 e. The lowest BCUT2D eigenvalue weighted by Gasteiger charge is -2.11. The number of benzene rings is 1. The molecule has 2 N–H and O–H groups in total. The normalized spacial score (nSPS) is 15.2. The molecule has 1 aromatic rings. The highest BCUT2D eigenvalue weighted by molar-refractivity contribution is 7.92. The Hall–Kier alpha value is -1.11. The van der Waals surface area contributed by atoms with Crippen LogP contribution >= 0.6 is 12.4 Å². The van der Waals surface area contributed by atoms with E-state index in [9.17, 15) is 13.2 Å². The lowest BCUT2D eigenvalue weighted by atomic mass is 10.2. The van der Waals surface area contributed by atoms with Gasteiger partial charge in [-0.2, -0.15) is 0 Å². The van der Waals surface area contributed by atoms with Gasteiger partial charge in [0, 0.05) is 18.7 Å². The van der Waals surface area contributed by atoms with Crippen molar-refractivity contribution in [1.82, 2.24) is 10.6 Å². The Morgan fingerprint density at radius 3 is 2.30 bits per heavy atom. The van der Waals surface area contributed by atoms with E-state index in [0.29, 0.717) is 17.0 Å². The molecule has 1 fully saturated rings. The molecule has 0 saturated heterocycles. The minimum atomic E-state index is -3.25. The van der Waals surface area contributed by atoms with Crippen LogP contribution < -0.4 is 10.6 Å². The molecule has 0 heterocycles. The van der Waals surface area contributed by atoms with E-state index in [4.69, 9.17) is 0 Å². The fourth-order valence-corrected chi connectivity index (χ4v) is 4.58. The number of hydrogen-bond donors (Lipinski definition) is 2. The Balaban J connectivity index is 0.00000264. The Labute approximate surface area is 144 Å². The van der Waals surface area contributed by atoms with Crippen molar-refractivity contribution < 1.29 is 13.2 Å². The first-order chi connectivity index (χ1) is 10.6. The fraction of sp³-hybridized carbons (Fsp3) is 0.562. The van der Waals surface area contributed by atoms with E-state index < -0.39 is 9.84 Å². The molecule has 1 saturated carbocycles. The van der Waals surface area contributed by atoms with Crippen LogP contribution in [0.1, 0.15) is 43.0 Å². The molecule has 5 nitrogen and oxygen atoms in total. The molecule has 0 spiro atoms. The molecule has 1 aromatic carbocycles. The second-order valence-electron chi connectivity index (χ2n) is 5.59. The largest absolute Gasteiger partial charge is 0.351 e. The number of carbonyl (C=O) groups is 1. The van der Waals surface area contributed by atoms with Crippen molar-refractivity contribution in [2.75, 3.05) is 19.6 Å². The summed E-state index contributed by atoms with van der Waals surface area (Å²) in [4.78, 5) is 12.3. The fourth-order valence-electron chi connectivity index (χ4n) is 2.73. The average molecular weight is 361 g/mol. The van der Waals surface area contributed by atoms with Gasteiger partial charge >= 0.3 is 0 Å². The molecule has 130 valence electrons. The van der Waals surface area contributed by atoms with Crippen LogP contribution in [-0.2, 0) is 9.84 Å². The molecule has 2 rings (SSSR count). The summed E-state index contributed by atoms with van der Waals surface area (Å²) in [7, 11) is -3.25. The van der Waals surface area contributed by atoms with Crippen LogP contribution in [0.4, 0.5) is 0 Å². The lowest BCUT2D eigenvalue weighted by molar-refractivity contribution is 0.0954. The molecule has 0 radical (unpaired) electrons. The summed E-state index contributed by atoms with van der Waals surface area (Å²) in [6, 6.07) is 6.27. The monoisotopic (exact) mass is 360 g/mol.